The van der Waals surface area contributed by atoms with Crippen LogP contribution in [0, 0.1) is 10.1 Å². The number of halogens is 1. The van der Waals surface area contributed by atoms with Gasteiger partial charge in [0.05, 0.1) is 4.92 Å². The molecule has 0 aliphatic carbocycles. The zero-order chi connectivity index (χ0) is 9.14. The van der Waals surface area contributed by atoms with Crippen LogP contribution in [0.25, 0.3) is 0 Å². The number of aromatic nitrogens is 2. The summed E-state index contributed by atoms with van der Waals surface area (Å²) < 4.78 is 1.85. The number of nitrogens with zero attached hydrogens (tertiary/aromatic N) is 3. The molecule has 6 heteroatoms. The first-order valence-electron chi connectivity index (χ1n) is 3.52. The van der Waals surface area contributed by atoms with Crippen LogP contribution in [0.1, 0.15) is 13.3 Å². The molecule has 0 aliphatic rings. The van der Waals surface area contributed by atoms with Crippen molar-refractivity contribution in [1.29, 1.82) is 0 Å². The van der Waals surface area contributed by atoms with Crippen molar-refractivity contribution < 1.29 is 4.92 Å². The van der Waals surface area contributed by atoms with E-state index in [4.69, 9.17) is 0 Å². The molecule has 0 aromatic carbocycles. The van der Waals surface area contributed by atoms with Gasteiger partial charge >= 0.3 is 5.69 Å². The minimum atomic E-state index is -0.455. The van der Waals surface area contributed by atoms with Crippen LogP contribution in [-0.4, -0.2) is 14.7 Å². The van der Waals surface area contributed by atoms with Gasteiger partial charge in [0, 0.05) is 6.54 Å². The molecule has 1 aromatic rings. The number of hydrogen-bond acceptors (Lipinski definition) is 3. The Balaban J connectivity index is 2.92. The lowest BCUT2D eigenvalue weighted by atomic mass is 10.5. The Morgan fingerprint density at radius 3 is 2.92 bits per heavy atom. The van der Waals surface area contributed by atoms with Crippen molar-refractivity contribution in [2.75, 3.05) is 0 Å². The zero-order valence-electron chi connectivity index (χ0n) is 6.53. The third-order valence-corrected chi connectivity index (χ3v) is 1.91. The van der Waals surface area contributed by atoms with Crippen molar-refractivity contribution in [3.05, 3.63) is 20.9 Å². The van der Waals surface area contributed by atoms with Crippen molar-refractivity contribution >= 4 is 21.6 Å². The summed E-state index contributed by atoms with van der Waals surface area (Å²) in [5.74, 6) is 0. The molecular weight excluding hydrogens is 226 g/mol. The van der Waals surface area contributed by atoms with Gasteiger partial charge in [-0.3, -0.25) is 14.8 Å². The summed E-state index contributed by atoms with van der Waals surface area (Å²) in [5.41, 5.74) is 0.0171. The Morgan fingerprint density at radius 2 is 2.50 bits per heavy atom. The standard InChI is InChI=1S/C6H8BrN3O2/c1-2-3-9-4-5(10(11)12)6(7)8-9/h4H,2-3H2,1H3. The maximum atomic E-state index is 10.4. The molecular formula is C6H8BrN3O2. The Bertz CT molecular complexity index is 297. The summed E-state index contributed by atoms with van der Waals surface area (Å²) in [5, 5.41) is 14.3. The molecule has 0 aliphatic heterocycles. The van der Waals surface area contributed by atoms with Crippen molar-refractivity contribution in [1.82, 2.24) is 9.78 Å². The topological polar surface area (TPSA) is 61.0 Å². The summed E-state index contributed by atoms with van der Waals surface area (Å²) in [6.07, 6.45) is 2.33. The second-order valence-corrected chi connectivity index (χ2v) is 3.08. The summed E-state index contributed by atoms with van der Waals surface area (Å²) >= 11 is 3.01. The third kappa shape index (κ3) is 1.82. The maximum Gasteiger partial charge on any atom is 0.321 e. The lowest BCUT2D eigenvalue weighted by Gasteiger charge is -1.92. The van der Waals surface area contributed by atoms with Crippen LogP contribution in [-0.2, 0) is 6.54 Å². The van der Waals surface area contributed by atoms with E-state index in [0.29, 0.717) is 11.1 Å². The van der Waals surface area contributed by atoms with E-state index < -0.39 is 4.92 Å². The first-order valence-corrected chi connectivity index (χ1v) is 4.31. The molecule has 0 amide bonds. The predicted molar refractivity (Wildman–Crippen MR) is 46.9 cm³/mol. The van der Waals surface area contributed by atoms with Gasteiger partial charge in [0.25, 0.3) is 0 Å². The molecule has 0 spiro atoms. The molecule has 0 saturated heterocycles. The fourth-order valence-electron chi connectivity index (χ4n) is 0.853. The van der Waals surface area contributed by atoms with Crippen LogP contribution in [0.3, 0.4) is 0 Å². The van der Waals surface area contributed by atoms with E-state index >= 15 is 0 Å². The van der Waals surface area contributed by atoms with Crippen LogP contribution in [0.5, 0.6) is 0 Å². The fraction of sp³-hybridized carbons (Fsp3) is 0.500. The SMILES string of the molecule is CCCn1cc([N+](=O)[O-])c(Br)n1. The normalized spacial score (nSPS) is 10.2. The molecule has 0 radical (unpaired) electrons. The summed E-state index contributed by atoms with van der Waals surface area (Å²) in [7, 11) is 0. The van der Waals surface area contributed by atoms with Gasteiger partial charge in [0.2, 0.25) is 4.60 Å². The van der Waals surface area contributed by atoms with Crippen LogP contribution in [0.15, 0.2) is 10.8 Å². The summed E-state index contributed by atoms with van der Waals surface area (Å²) in [6, 6.07) is 0. The number of rotatable bonds is 3. The number of hydrogen-bond donors (Lipinski definition) is 0. The van der Waals surface area contributed by atoms with Crippen molar-refractivity contribution in [2.45, 2.75) is 19.9 Å². The van der Waals surface area contributed by atoms with Crippen LogP contribution in [0.4, 0.5) is 5.69 Å². The average molecular weight is 234 g/mol. The van der Waals surface area contributed by atoms with Crippen molar-refractivity contribution in [3.8, 4) is 0 Å². The molecule has 0 unspecified atom stereocenters. The highest BCUT2D eigenvalue weighted by atomic mass is 79.9. The smallest absolute Gasteiger partial charge is 0.264 e. The lowest BCUT2D eigenvalue weighted by molar-refractivity contribution is -0.385. The van der Waals surface area contributed by atoms with E-state index in [2.05, 4.69) is 21.0 Å². The molecule has 1 aromatic heterocycles. The van der Waals surface area contributed by atoms with Gasteiger partial charge in [-0.2, -0.15) is 5.10 Å². The lowest BCUT2D eigenvalue weighted by Crippen LogP contribution is -1.96. The molecule has 66 valence electrons. The van der Waals surface area contributed by atoms with Gasteiger partial charge in [-0.15, -0.1) is 0 Å². The van der Waals surface area contributed by atoms with Crippen molar-refractivity contribution in [3.63, 3.8) is 0 Å². The first kappa shape index (κ1) is 9.18. The van der Waals surface area contributed by atoms with E-state index in [1.807, 2.05) is 6.92 Å². The summed E-state index contributed by atoms with van der Waals surface area (Å²) in [6.45, 7) is 2.69. The van der Waals surface area contributed by atoms with E-state index in [1.165, 1.54) is 6.20 Å². The van der Waals surface area contributed by atoms with Gasteiger partial charge in [-0.1, -0.05) is 6.92 Å². The molecule has 0 atom stereocenters. The zero-order valence-corrected chi connectivity index (χ0v) is 8.11. The third-order valence-electron chi connectivity index (χ3n) is 1.35. The van der Waals surface area contributed by atoms with E-state index in [1.54, 1.807) is 4.68 Å². The number of nitro groups is 1. The Kier molecular flexibility index (Phi) is 2.80. The molecule has 12 heavy (non-hydrogen) atoms. The summed E-state index contributed by atoms with van der Waals surface area (Å²) in [4.78, 5) is 9.91. The first-order chi connectivity index (χ1) is 5.65. The monoisotopic (exact) mass is 233 g/mol. The van der Waals surface area contributed by atoms with Crippen LogP contribution >= 0.6 is 15.9 Å². The maximum absolute atomic E-state index is 10.4. The van der Waals surface area contributed by atoms with Gasteiger partial charge in [-0.25, -0.2) is 0 Å². The predicted octanol–water partition coefficient (Wildman–Crippen LogP) is 1.96. The molecule has 0 bridgehead atoms. The Morgan fingerprint density at radius 1 is 1.83 bits per heavy atom. The van der Waals surface area contributed by atoms with Gasteiger partial charge < -0.3 is 0 Å². The second-order valence-electron chi connectivity index (χ2n) is 2.33. The quantitative estimate of drug-likeness (QED) is 0.593. The Labute approximate surface area is 77.7 Å². The Hall–Kier alpha value is -0.910. The minimum Gasteiger partial charge on any atom is -0.264 e. The van der Waals surface area contributed by atoms with Crippen molar-refractivity contribution in [2.24, 2.45) is 0 Å². The highest BCUT2D eigenvalue weighted by molar-refractivity contribution is 9.10. The van der Waals surface area contributed by atoms with Gasteiger partial charge in [0.1, 0.15) is 6.20 Å². The highest BCUT2D eigenvalue weighted by Crippen LogP contribution is 2.21. The molecule has 0 fully saturated rings. The minimum absolute atomic E-state index is 0.0171. The largest absolute Gasteiger partial charge is 0.321 e. The van der Waals surface area contributed by atoms with E-state index in [-0.39, 0.29) is 5.69 Å². The van der Waals surface area contributed by atoms with Crippen LogP contribution in [0.2, 0.25) is 0 Å². The molecule has 1 heterocycles. The average Bonchev–Trinajstić information content (AvgIpc) is 2.32. The second kappa shape index (κ2) is 3.66. The van der Waals surface area contributed by atoms with E-state index in [0.717, 1.165) is 6.42 Å². The molecule has 5 nitrogen and oxygen atoms in total. The molecule has 0 saturated carbocycles. The van der Waals surface area contributed by atoms with Gasteiger partial charge in [0.15, 0.2) is 0 Å². The highest BCUT2D eigenvalue weighted by Gasteiger charge is 2.15. The fourth-order valence-corrected chi connectivity index (χ4v) is 1.30. The van der Waals surface area contributed by atoms with Crippen LogP contribution < -0.4 is 0 Å². The number of aryl methyl sites for hydroxylation is 1. The molecule has 1 rings (SSSR count). The molecule has 0 N–H and O–H groups in total. The van der Waals surface area contributed by atoms with E-state index in [9.17, 15) is 10.1 Å². The van der Waals surface area contributed by atoms with Gasteiger partial charge in [-0.05, 0) is 22.4 Å².